The zero-order valence-corrected chi connectivity index (χ0v) is 23.9. The van der Waals surface area contributed by atoms with Crippen LogP contribution in [-0.2, 0) is 11.3 Å². The van der Waals surface area contributed by atoms with Crippen molar-refractivity contribution in [2.75, 3.05) is 31.1 Å². The van der Waals surface area contributed by atoms with Crippen LogP contribution in [-0.4, -0.2) is 66.1 Å². The molecule has 0 bridgehead atoms. The molecule has 1 aromatic carbocycles. The molecule has 2 saturated heterocycles. The van der Waals surface area contributed by atoms with E-state index in [2.05, 4.69) is 26.0 Å². The molecule has 6 heterocycles. The number of nitrogens with one attached hydrogen (secondary N) is 1. The maximum absolute atomic E-state index is 13.6. The van der Waals surface area contributed by atoms with Crippen molar-refractivity contribution in [3.8, 4) is 17.2 Å². The summed E-state index contributed by atoms with van der Waals surface area (Å²) >= 11 is 13.0. The number of piperidine rings is 1. The van der Waals surface area contributed by atoms with Crippen molar-refractivity contribution in [1.29, 1.82) is 5.26 Å². The van der Waals surface area contributed by atoms with E-state index in [4.69, 9.17) is 23.2 Å². The van der Waals surface area contributed by atoms with Gasteiger partial charge in [-0.15, -0.1) is 0 Å². The van der Waals surface area contributed by atoms with Crippen molar-refractivity contribution in [2.45, 2.75) is 25.4 Å². The molecule has 42 heavy (non-hydrogen) atoms. The Morgan fingerprint density at radius 2 is 1.88 bits per heavy atom. The van der Waals surface area contributed by atoms with Crippen LogP contribution in [0.4, 0.5) is 5.82 Å². The molecule has 2 fully saturated rings. The van der Waals surface area contributed by atoms with Crippen LogP contribution < -0.4 is 10.6 Å². The molecule has 212 valence electrons. The number of carbonyl (C=O) groups is 1. The fourth-order valence-electron chi connectivity index (χ4n) is 6.06. The van der Waals surface area contributed by atoms with E-state index in [1.807, 2.05) is 44.8 Å². The van der Waals surface area contributed by atoms with Gasteiger partial charge in [0, 0.05) is 55.7 Å². The lowest BCUT2D eigenvalue weighted by molar-refractivity contribution is -0.133. The molecule has 2 aliphatic rings. The summed E-state index contributed by atoms with van der Waals surface area (Å²) < 4.78 is 3.59. The third-order valence-corrected chi connectivity index (χ3v) is 9.04. The van der Waals surface area contributed by atoms with Gasteiger partial charge in [-0.25, -0.2) is 19.7 Å². The zero-order valence-electron chi connectivity index (χ0n) is 22.4. The summed E-state index contributed by atoms with van der Waals surface area (Å²) in [6.45, 7) is 2.27. The maximum Gasteiger partial charge on any atom is 0.327 e. The Balaban J connectivity index is 1.17. The molecule has 0 aliphatic carbocycles. The highest BCUT2D eigenvalue weighted by molar-refractivity contribution is 6.44. The predicted molar refractivity (Wildman–Crippen MR) is 160 cm³/mol. The van der Waals surface area contributed by atoms with Crippen LogP contribution in [0, 0.1) is 17.2 Å². The van der Waals surface area contributed by atoms with Crippen molar-refractivity contribution >= 4 is 57.1 Å². The number of halogens is 2. The summed E-state index contributed by atoms with van der Waals surface area (Å²) in [5.41, 5.74) is 3.25. The Bertz CT molecular complexity index is 1940. The molecule has 0 unspecified atom stereocenters. The Kier molecular flexibility index (Phi) is 6.60. The van der Waals surface area contributed by atoms with E-state index in [9.17, 15) is 14.9 Å². The van der Waals surface area contributed by atoms with E-state index >= 15 is 0 Å². The lowest BCUT2D eigenvalue weighted by atomic mass is 10.0. The topological polar surface area (TPSA) is 129 Å². The summed E-state index contributed by atoms with van der Waals surface area (Å²) in [5, 5.41) is 10.9. The van der Waals surface area contributed by atoms with Crippen molar-refractivity contribution in [2.24, 2.45) is 5.92 Å². The van der Waals surface area contributed by atoms with Crippen LogP contribution in [0.2, 0.25) is 10.0 Å². The van der Waals surface area contributed by atoms with E-state index in [0.29, 0.717) is 71.7 Å². The van der Waals surface area contributed by atoms with E-state index in [1.54, 1.807) is 16.8 Å². The second-order valence-electron chi connectivity index (χ2n) is 10.7. The fraction of sp³-hybridized carbons (Fsp3) is 0.310. The number of rotatable bonds is 5. The maximum atomic E-state index is 13.6. The average molecular weight is 602 g/mol. The summed E-state index contributed by atoms with van der Waals surface area (Å²) in [4.78, 5) is 46.3. The number of H-pyrrole nitrogens is 1. The summed E-state index contributed by atoms with van der Waals surface area (Å²) in [6, 6.07) is 11.4. The standard InChI is InChI=1S/C29H25Cl2N9O2/c30-21-4-1-3-19(25(21)31)20-14-39(28-24(20)27(34-16-35-28)38-12-17(11-32)13-38)15-23(41)37-9-6-18(7-10-37)40-22-5-2-8-33-26(22)36-29(40)42/h1-5,8,14,16-18H,6-7,9-10,12-13,15H2,(H,33,36,42). The van der Waals surface area contributed by atoms with Crippen molar-refractivity contribution in [3.63, 3.8) is 0 Å². The number of aromatic nitrogens is 6. The molecule has 13 heteroatoms. The van der Waals surface area contributed by atoms with Crippen LogP contribution in [0.1, 0.15) is 18.9 Å². The number of pyridine rings is 1. The highest BCUT2D eigenvalue weighted by atomic mass is 35.5. The minimum Gasteiger partial charge on any atom is -0.353 e. The molecule has 0 radical (unpaired) electrons. The summed E-state index contributed by atoms with van der Waals surface area (Å²) in [6.07, 6.45) is 6.34. The first kappa shape index (κ1) is 26.5. The summed E-state index contributed by atoms with van der Waals surface area (Å²) in [7, 11) is 0. The molecule has 11 nitrogen and oxygen atoms in total. The molecule has 7 rings (SSSR count). The van der Waals surface area contributed by atoms with Gasteiger partial charge in [-0.3, -0.25) is 14.3 Å². The minimum atomic E-state index is -0.182. The van der Waals surface area contributed by atoms with Gasteiger partial charge < -0.3 is 14.4 Å². The Hall–Kier alpha value is -4.40. The molecular weight excluding hydrogens is 577 g/mol. The third kappa shape index (κ3) is 4.38. The molecule has 1 amide bonds. The summed E-state index contributed by atoms with van der Waals surface area (Å²) in [5.74, 6) is 0.593. The lowest BCUT2D eigenvalue weighted by Gasteiger charge is -2.36. The number of hydrogen-bond acceptors (Lipinski definition) is 7. The van der Waals surface area contributed by atoms with Crippen LogP contribution in [0.25, 0.3) is 33.3 Å². The highest BCUT2D eigenvalue weighted by Gasteiger charge is 2.32. The number of carbonyl (C=O) groups excluding carboxylic acids is 1. The number of likely N-dealkylation sites (tertiary alicyclic amines) is 1. The van der Waals surface area contributed by atoms with Gasteiger partial charge in [0.15, 0.2) is 5.65 Å². The highest BCUT2D eigenvalue weighted by Crippen LogP contribution is 2.41. The number of fused-ring (bicyclic) bond motifs is 2. The van der Waals surface area contributed by atoms with Crippen LogP contribution in [0.15, 0.2) is 53.8 Å². The van der Waals surface area contributed by atoms with E-state index in [-0.39, 0.29) is 30.1 Å². The monoisotopic (exact) mass is 601 g/mol. The van der Waals surface area contributed by atoms with Crippen LogP contribution in [0.5, 0.6) is 0 Å². The van der Waals surface area contributed by atoms with Gasteiger partial charge in [0.1, 0.15) is 24.3 Å². The third-order valence-electron chi connectivity index (χ3n) is 8.22. The first-order chi connectivity index (χ1) is 20.4. The van der Waals surface area contributed by atoms with E-state index in [0.717, 1.165) is 16.5 Å². The van der Waals surface area contributed by atoms with Gasteiger partial charge in [0.05, 0.1) is 32.9 Å². The van der Waals surface area contributed by atoms with Crippen LogP contribution in [0.3, 0.4) is 0 Å². The molecule has 0 saturated carbocycles. The minimum absolute atomic E-state index is 0.0208. The quantitative estimate of drug-likeness (QED) is 0.318. The van der Waals surface area contributed by atoms with Gasteiger partial charge in [-0.2, -0.15) is 5.26 Å². The second-order valence-corrected chi connectivity index (χ2v) is 11.5. The number of benzene rings is 1. The van der Waals surface area contributed by atoms with Gasteiger partial charge in [0.2, 0.25) is 5.91 Å². The smallest absolute Gasteiger partial charge is 0.327 e. The van der Waals surface area contributed by atoms with Gasteiger partial charge in [-0.1, -0.05) is 35.3 Å². The zero-order chi connectivity index (χ0) is 29.0. The number of aromatic amines is 1. The number of hydrogen-bond donors (Lipinski definition) is 1. The van der Waals surface area contributed by atoms with Crippen molar-refractivity contribution in [1.82, 2.24) is 34.0 Å². The van der Waals surface area contributed by atoms with Gasteiger partial charge in [-0.05, 0) is 31.0 Å². The molecule has 4 aromatic heterocycles. The fourth-order valence-corrected chi connectivity index (χ4v) is 6.46. The Morgan fingerprint density at radius 3 is 2.67 bits per heavy atom. The van der Waals surface area contributed by atoms with Gasteiger partial charge >= 0.3 is 5.69 Å². The molecule has 5 aromatic rings. The van der Waals surface area contributed by atoms with E-state index in [1.165, 1.54) is 6.33 Å². The molecular formula is C29H25Cl2N9O2. The molecule has 0 spiro atoms. The lowest BCUT2D eigenvalue weighted by Crippen LogP contribution is -2.46. The van der Waals surface area contributed by atoms with E-state index < -0.39 is 0 Å². The number of amides is 1. The Morgan fingerprint density at radius 1 is 1.07 bits per heavy atom. The van der Waals surface area contributed by atoms with Crippen molar-refractivity contribution < 1.29 is 4.79 Å². The normalized spacial score (nSPS) is 16.2. The largest absolute Gasteiger partial charge is 0.353 e. The van der Waals surface area contributed by atoms with Gasteiger partial charge in [0.25, 0.3) is 0 Å². The number of anilines is 1. The van der Waals surface area contributed by atoms with Crippen molar-refractivity contribution in [3.05, 3.63) is 69.6 Å². The first-order valence-electron chi connectivity index (χ1n) is 13.7. The predicted octanol–water partition coefficient (Wildman–Crippen LogP) is 4.27. The molecule has 0 atom stereocenters. The first-order valence-corrected chi connectivity index (χ1v) is 14.4. The van der Waals surface area contributed by atoms with Crippen LogP contribution >= 0.6 is 23.2 Å². The number of nitriles is 1. The number of nitrogens with zero attached hydrogens (tertiary/aromatic N) is 8. The average Bonchev–Trinajstić information content (AvgIpc) is 3.51. The molecule has 1 N–H and O–H groups in total. The SMILES string of the molecule is N#CC1CN(c2ncnc3c2c(-c2cccc(Cl)c2Cl)cn3CC(=O)N2CCC(n3c(=O)[nH]c4ncccc43)CC2)C1. The second kappa shape index (κ2) is 10.5. The Labute approximate surface area is 249 Å². The number of imidazole rings is 1. The molecule has 2 aliphatic heterocycles.